The van der Waals surface area contributed by atoms with Gasteiger partial charge in [-0.3, -0.25) is 0 Å². The van der Waals surface area contributed by atoms with Crippen LogP contribution in [0.1, 0.15) is 76.0 Å². The van der Waals surface area contributed by atoms with Gasteiger partial charge < -0.3 is 24.8 Å². The molecule has 4 aliphatic heterocycles. The number of anilines is 2. The zero-order valence-electron chi connectivity index (χ0n) is 33.0. The van der Waals surface area contributed by atoms with E-state index in [4.69, 9.17) is 4.74 Å². The third-order valence-electron chi connectivity index (χ3n) is 11.0. The highest BCUT2D eigenvalue weighted by molar-refractivity contribution is 9.10. The van der Waals surface area contributed by atoms with Crippen LogP contribution in [0.3, 0.4) is 0 Å². The Morgan fingerprint density at radius 2 is 1.20 bits per heavy atom. The van der Waals surface area contributed by atoms with Crippen molar-refractivity contribution in [3.63, 3.8) is 0 Å². The van der Waals surface area contributed by atoms with Crippen LogP contribution in [0.25, 0.3) is 0 Å². The summed E-state index contributed by atoms with van der Waals surface area (Å²) in [6.07, 6.45) is 18.3. The number of halogens is 1. The smallest absolute Gasteiger partial charge is 0.410 e. The molecule has 8 rings (SSSR count). The quantitative estimate of drug-likeness (QED) is 0.194. The van der Waals surface area contributed by atoms with Gasteiger partial charge in [0.05, 0.1) is 4.47 Å². The Kier molecular flexibility index (Phi) is 14.9. The van der Waals surface area contributed by atoms with Crippen molar-refractivity contribution in [1.29, 1.82) is 0 Å². The fraction of sp³-hybridized carbons (Fsp3) is 0.512. The van der Waals surface area contributed by atoms with E-state index in [0.717, 1.165) is 66.9 Å². The van der Waals surface area contributed by atoms with Gasteiger partial charge in [0.25, 0.3) is 0 Å². The van der Waals surface area contributed by atoms with E-state index in [-0.39, 0.29) is 6.09 Å². The summed E-state index contributed by atoms with van der Waals surface area (Å²) in [6.45, 7) is 13.3. The monoisotopic (exact) mass is 808 g/mol. The van der Waals surface area contributed by atoms with Gasteiger partial charge >= 0.3 is 6.09 Å². The molecule has 1 amide bonds. The van der Waals surface area contributed by atoms with Gasteiger partial charge in [0.2, 0.25) is 11.9 Å². The lowest BCUT2D eigenvalue weighted by Crippen LogP contribution is -2.50. The number of piperazine rings is 2. The van der Waals surface area contributed by atoms with E-state index in [2.05, 4.69) is 106 Å². The van der Waals surface area contributed by atoms with E-state index in [9.17, 15) is 4.79 Å². The fourth-order valence-corrected chi connectivity index (χ4v) is 8.42. The lowest BCUT2D eigenvalue weighted by molar-refractivity contribution is 0.0240. The number of hydrogen-bond donors (Lipinski definition) is 1. The molecule has 2 aromatic carbocycles. The van der Waals surface area contributed by atoms with Crippen molar-refractivity contribution in [3.8, 4) is 0 Å². The molecule has 12 heteroatoms. The lowest BCUT2D eigenvalue weighted by Gasteiger charge is -2.40. The first-order chi connectivity index (χ1) is 26.7. The Morgan fingerprint density at radius 3 is 1.73 bits per heavy atom. The normalized spacial score (nSPS) is 19.7. The molecule has 55 heavy (non-hydrogen) atoms. The van der Waals surface area contributed by atoms with Crippen LogP contribution in [0, 0.1) is 0 Å². The highest BCUT2D eigenvalue weighted by Crippen LogP contribution is 2.47. The summed E-state index contributed by atoms with van der Waals surface area (Å²) in [5, 5.41) is 3.33. The van der Waals surface area contributed by atoms with Crippen LogP contribution in [-0.2, 0) is 17.5 Å². The summed E-state index contributed by atoms with van der Waals surface area (Å²) < 4.78 is 6.22. The molecule has 0 spiro atoms. The van der Waals surface area contributed by atoms with Gasteiger partial charge in [-0.15, -0.1) is 0 Å². The Balaban J connectivity index is 0.000000141. The number of benzene rings is 2. The zero-order chi connectivity index (χ0) is 38.5. The molecular weight excluding hydrogens is 751 g/mol. The molecule has 0 radical (unpaired) electrons. The number of amides is 1. The first-order valence-electron chi connectivity index (χ1n) is 20.2. The zero-order valence-corrected chi connectivity index (χ0v) is 34.5. The van der Waals surface area contributed by atoms with Crippen molar-refractivity contribution in [2.24, 2.45) is 0 Å². The van der Waals surface area contributed by atoms with Crippen molar-refractivity contribution in [2.45, 2.75) is 89.3 Å². The summed E-state index contributed by atoms with van der Waals surface area (Å²) in [5.41, 5.74) is 3.56. The number of ether oxygens (including phenoxy) is 1. The predicted molar refractivity (Wildman–Crippen MR) is 227 cm³/mol. The van der Waals surface area contributed by atoms with Crippen molar-refractivity contribution in [3.05, 3.63) is 107 Å². The minimum absolute atomic E-state index is 0.256. The van der Waals surface area contributed by atoms with E-state index in [1.165, 1.54) is 50.4 Å². The van der Waals surface area contributed by atoms with Crippen LogP contribution in [0.5, 0.6) is 0 Å². The van der Waals surface area contributed by atoms with Crippen LogP contribution in [0.15, 0.2) is 89.9 Å². The average molecular weight is 810 g/mol. The second-order valence-corrected chi connectivity index (χ2v) is 17.1. The number of carbonyl (C=O) groups excluding carboxylic acids is 1. The Hall–Kier alpha value is -4.03. The summed E-state index contributed by atoms with van der Waals surface area (Å²) >= 11 is 3.31. The summed E-state index contributed by atoms with van der Waals surface area (Å²) in [5.74, 6) is 3.63. The van der Waals surface area contributed by atoms with Crippen LogP contribution in [-0.4, -0.2) is 95.6 Å². The molecule has 6 heterocycles. The topological polar surface area (TPSA) is 99.6 Å². The molecule has 10 nitrogen and oxygen atoms in total. The molecule has 4 aliphatic rings. The second-order valence-electron chi connectivity index (χ2n) is 16.2. The number of aromatic nitrogens is 4. The van der Waals surface area contributed by atoms with Gasteiger partial charge in [0.15, 0.2) is 6.71 Å². The number of nitrogens with zero attached hydrogens (tertiary/aromatic N) is 7. The van der Waals surface area contributed by atoms with Crippen molar-refractivity contribution < 1.29 is 9.53 Å². The van der Waals surface area contributed by atoms with E-state index in [1.807, 2.05) is 39.2 Å². The van der Waals surface area contributed by atoms with Gasteiger partial charge in [-0.2, -0.15) is 0 Å². The number of fused-ring (bicyclic) bond motifs is 2. The van der Waals surface area contributed by atoms with E-state index >= 15 is 0 Å². The minimum Gasteiger partial charge on any atom is -0.444 e. The Morgan fingerprint density at radius 1 is 0.709 bits per heavy atom. The molecule has 4 fully saturated rings. The predicted octanol–water partition coefficient (Wildman–Crippen LogP) is 8.14. The standard InChI is InChI=1S/C15H21B.C15H18N4.C13H19BrN4O2/c1-2-6-13(7-3-1)12-16-14-8-4-9-15(16)11-5-10-14;1-2-4-13(5-3-1)10-14-11-17-15(18-12-14)19-8-6-16-7-9-19;1-13(2,3)20-12(19)18-6-4-17(5-7-18)11-15-8-10(14)9-16-11/h1-3,6-7,14-15H,4-5,8-12H2;1-5,11-12,16H,6-10H2;8-9H,4-7H2,1-3H3. The third kappa shape index (κ3) is 12.8. The fourth-order valence-electron chi connectivity index (χ4n) is 8.22. The van der Waals surface area contributed by atoms with Gasteiger partial charge in [0, 0.05) is 83.6 Å². The van der Waals surface area contributed by atoms with E-state index < -0.39 is 5.60 Å². The number of carbonyl (C=O) groups is 1. The molecule has 1 N–H and O–H groups in total. The molecular formula is C43H58BBrN8O2. The third-order valence-corrected chi connectivity index (χ3v) is 11.4. The van der Waals surface area contributed by atoms with Crippen LogP contribution in [0.2, 0.25) is 11.6 Å². The van der Waals surface area contributed by atoms with Crippen molar-refractivity contribution >= 4 is 40.6 Å². The number of hydrogen-bond acceptors (Lipinski definition) is 9. The molecule has 2 bridgehead atoms. The Labute approximate surface area is 337 Å². The number of nitrogens with one attached hydrogen (secondary N) is 1. The molecule has 4 aromatic rings. The van der Waals surface area contributed by atoms with Gasteiger partial charge in [-0.25, -0.2) is 24.7 Å². The molecule has 0 saturated carbocycles. The summed E-state index contributed by atoms with van der Waals surface area (Å²) in [7, 11) is 0. The molecule has 4 saturated heterocycles. The highest BCUT2D eigenvalue weighted by Gasteiger charge is 2.38. The van der Waals surface area contributed by atoms with Crippen LogP contribution >= 0.6 is 15.9 Å². The lowest BCUT2D eigenvalue weighted by atomic mass is 9.25. The number of rotatable bonds is 6. The maximum absolute atomic E-state index is 11.9. The SMILES string of the molecule is CC(C)(C)OC(=O)N1CCN(c2ncc(Br)cn2)CC1.c1ccc(CB2C3CCCC2CCC3)cc1.c1ccc(Cc2cnc(N3CCNCC3)nc2)cc1. The average Bonchev–Trinajstić information content (AvgIpc) is 3.20. The highest BCUT2D eigenvalue weighted by atomic mass is 79.9. The molecule has 0 unspecified atom stereocenters. The minimum atomic E-state index is -0.455. The Bertz CT molecular complexity index is 1690. The van der Waals surface area contributed by atoms with Crippen LogP contribution < -0.4 is 15.1 Å². The largest absolute Gasteiger partial charge is 0.444 e. The van der Waals surface area contributed by atoms with Gasteiger partial charge in [-0.05, 0) is 54.1 Å². The molecule has 0 atom stereocenters. The van der Waals surface area contributed by atoms with Gasteiger partial charge in [0.1, 0.15) is 5.60 Å². The maximum atomic E-state index is 11.9. The molecule has 0 aliphatic carbocycles. The first kappa shape index (κ1) is 40.6. The summed E-state index contributed by atoms with van der Waals surface area (Å²) in [6, 6.07) is 21.5. The van der Waals surface area contributed by atoms with E-state index in [0.29, 0.717) is 32.1 Å². The van der Waals surface area contributed by atoms with Crippen molar-refractivity contribution in [2.75, 3.05) is 62.2 Å². The van der Waals surface area contributed by atoms with E-state index in [1.54, 1.807) is 22.9 Å². The molecule has 2 aromatic heterocycles. The summed E-state index contributed by atoms with van der Waals surface area (Å²) in [4.78, 5) is 35.5. The molecule has 292 valence electrons. The first-order valence-corrected chi connectivity index (χ1v) is 21.0. The van der Waals surface area contributed by atoms with Crippen LogP contribution in [0.4, 0.5) is 16.7 Å². The van der Waals surface area contributed by atoms with Gasteiger partial charge in [-0.1, -0.05) is 116 Å². The van der Waals surface area contributed by atoms with Crippen molar-refractivity contribution in [1.82, 2.24) is 30.2 Å². The maximum Gasteiger partial charge on any atom is 0.410 e. The second kappa shape index (κ2) is 20.2.